The molecule has 0 N–H and O–H groups in total. The monoisotopic (exact) mass is 436 g/mol. The fraction of sp³-hybridized carbons (Fsp3) is 0.708. The fourth-order valence-electron chi connectivity index (χ4n) is 6.40. The van der Waals surface area contributed by atoms with Crippen LogP contribution in [-0.4, -0.2) is 34.4 Å². The highest BCUT2D eigenvalue weighted by Crippen LogP contribution is 2.61. The summed E-state index contributed by atoms with van der Waals surface area (Å²) < 4.78 is 37.1. The van der Waals surface area contributed by atoms with Crippen LogP contribution in [0, 0.1) is 28.6 Å². The summed E-state index contributed by atoms with van der Waals surface area (Å²) in [5, 5.41) is 0. The lowest BCUT2D eigenvalue weighted by Crippen LogP contribution is -2.52. The van der Waals surface area contributed by atoms with Gasteiger partial charge in [0.15, 0.2) is 9.84 Å². The van der Waals surface area contributed by atoms with Crippen LogP contribution in [0.15, 0.2) is 23.1 Å². The zero-order valence-electron chi connectivity index (χ0n) is 19.2. The Morgan fingerprint density at radius 1 is 1.10 bits per heavy atom. The van der Waals surface area contributed by atoms with Gasteiger partial charge >= 0.3 is 5.97 Å². The van der Waals surface area contributed by atoms with Crippen molar-refractivity contribution in [1.29, 1.82) is 0 Å². The van der Waals surface area contributed by atoms with Crippen molar-refractivity contribution in [3.05, 3.63) is 23.8 Å². The second-order valence-electron chi connectivity index (χ2n) is 10.2. The highest BCUT2D eigenvalue weighted by atomic mass is 32.2. The fourth-order valence-corrected chi connectivity index (χ4v) is 8.38. The van der Waals surface area contributed by atoms with Crippen LogP contribution in [0.4, 0.5) is 0 Å². The molecule has 30 heavy (non-hydrogen) atoms. The summed E-state index contributed by atoms with van der Waals surface area (Å²) in [7, 11) is -0.856. The van der Waals surface area contributed by atoms with Gasteiger partial charge in [-0.25, -0.2) is 13.2 Å². The number of ether oxygens (including phenoxy) is 2. The maximum atomic E-state index is 13.5. The van der Waals surface area contributed by atoms with Gasteiger partial charge < -0.3 is 9.47 Å². The third-order valence-electron chi connectivity index (χ3n) is 8.02. The quantitative estimate of drug-likeness (QED) is 0.598. The van der Waals surface area contributed by atoms with E-state index in [1.165, 1.54) is 45.3 Å². The van der Waals surface area contributed by atoms with Gasteiger partial charge in [0.05, 0.1) is 30.4 Å². The summed E-state index contributed by atoms with van der Waals surface area (Å²) in [6.07, 6.45) is 5.67. The van der Waals surface area contributed by atoms with Crippen LogP contribution < -0.4 is 4.74 Å². The van der Waals surface area contributed by atoms with Crippen LogP contribution in [0.2, 0.25) is 0 Å². The molecule has 4 atom stereocenters. The van der Waals surface area contributed by atoms with Crippen molar-refractivity contribution in [2.75, 3.05) is 20.0 Å². The van der Waals surface area contributed by atoms with Gasteiger partial charge in [-0.05, 0) is 66.0 Å². The van der Waals surface area contributed by atoms with Gasteiger partial charge in [0.2, 0.25) is 0 Å². The van der Waals surface area contributed by atoms with Gasteiger partial charge in [-0.1, -0.05) is 40.5 Å². The van der Waals surface area contributed by atoms with Crippen molar-refractivity contribution in [2.24, 2.45) is 28.6 Å². The van der Waals surface area contributed by atoms with Crippen molar-refractivity contribution in [3.8, 4) is 5.75 Å². The van der Waals surface area contributed by atoms with Crippen LogP contribution in [0.1, 0.15) is 70.2 Å². The minimum atomic E-state index is -3.60. The van der Waals surface area contributed by atoms with E-state index in [0.29, 0.717) is 17.6 Å². The SMILES string of the molecule is COC(=O)c1cc(OC)cc(S(=O)(=O)C[C@H]2[C@@H](C)CCC3C(C)(C)CCC[C@@]32C)c1. The van der Waals surface area contributed by atoms with E-state index in [2.05, 4.69) is 27.7 Å². The lowest BCUT2D eigenvalue weighted by molar-refractivity contribution is -0.0855. The average Bonchev–Trinajstić information content (AvgIpc) is 2.69. The molecule has 0 heterocycles. The number of benzene rings is 1. The van der Waals surface area contributed by atoms with Crippen LogP contribution in [0.25, 0.3) is 0 Å². The molecule has 2 aliphatic rings. The molecular weight excluding hydrogens is 400 g/mol. The van der Waals surface area contributed by atoms with Crippen molar-refractivity contribution >= 4 is 15.8 Å². The van der Waals surface area contributed by atoms with Crippen LogP contribution in [0.5, 0.6) is 5.75 Å². The molecule has 0 aromatic heterocycles. The summed E-state index contributed by atoms with van der Waals surface area (Å²) in [6, 6.07) is 4.44. The topological polar surface area (TPSA) is 69.7 Å². The molecule has 2 saturated carbocycles. The maximum absolute atomic E-state index is 13.5. The molecule has 0 bridgehead atoms. The first-order chi connectivity index (χ1) is 13.9. The highest BCUT2D eigenvalue weighted by Gasteiger charge is 2.54. The van der Waals surface area contributed by atoms with E-state index in [9.17, 15) is 13.2 Å². The Kier molecular flexibility index (Phi) is 6.30. The molecule has 1 aromatic rings. The summed E-state index contributed by atoms with van der Waals surface area (Å²) in [5.74, 6) is 0.846. The molecule has 0 aliphatic heterocycles. The number of hydrogen-bond acceptors (Lipinski definition) is 5. The van der Waals surface area contributed by atoms with E-state index in [1.54, 1.807) is 0 Å². The first-order valence-corrected chi connectivity index (χ1v) is 12.6. The normalized spacial score (nSPS) is 30.9. The molecule has 2 aliphatic carbocycles. The molecular formula is C24H36O5S. The smallest absolute Gasteiger partial charge is 0.338 e. The molecule has 3 rings (SSSR count). The first-order valence-electron chi connectivity index (χ1n) is 10.9. The standard InChI is InChI=1S/C24H36O5S/c1-16-8-9-21-23(2,3)10-7-11-24(21,4)20(16)15-30(26,27)19-13-17(22(25)29-6)12-18(14-19)28-5/h12-14,16,20-21H,7-11,15H2,1-6H3/t16-,20-,21?,24+/m0/s1. The molecule has 6 heteroatoms. The van der Waals surface area contributed by atoms with Crippen molar-refractivity contribution in [2.45, 2.75) is 64.7 Å². The number of sulfone groups is 1. The number of carbonyl (C=O) groups excluding carboxylic acids is 1. The second-order valence-corrected chi connectivity index (χ2v) is 12.3. The molecule has 1 aromatic carbocycles. The third-order valence-corrected chi connectivity index (χ3v) is 9.77. The minimum absolute atomic E-state index is 0.0104. The van der Waals surface area contributed by atoms with E-state index in [4.69, 9.17) is 9.47 Å². The first kappa shape index (κ1) is 23.1. The van der Waals surface area contributed by atoms with E-state index < -0.39 is 15.8 Å². The number of rotatable bonds is 5. The lowest BCUT2D eigenvalue weighted by Gasteiger charge is -2.59. The van der Waals surface area contributed by atoms with Crippen LogP contribution in [-0.2, 0) is 14.6 Å². The van der Waals surface area contributed by atoms with Gasteiger partial charge in [-0.3, -0.25) is 0 Å². The van der Waals surface area contributed by atoms with Crippen LogP contribution >= 0.6 is 0 Å². The summed E-state index contributed by atoms with van der Waals surface area (Å²) in [6.45, 7) is 9.22. The summed E-state index contributed by atoms with van der Waals surface area (Å²) in [5.41, 5.74) is 0.440. The van der Waals surface area contributed by atoms with E-state index in [0.717, 1.165) is 19.3 Å². The average molecular weight is 437 g/mol. The highest BCUT2D eigenvalue weighted by molar-refractivity contribution is 7.91. The van der Waals surface area contributed by atoms with Crippen molar-refractivity contribution in [3.63, 3.8) is 0 Å². The molecule has 168 valence electrons. The van der Waals surface area contributed by atoms with Gasteiger partial charge in [0, 0.05) is 0 Å². The minimum Gasteiger partial charge on any atom is -0.497 e. The molecule has 0 saturated heterocycles. The van der Waals surface area contributed by atoms with Crippen LogP contribution in [0.3, 0.4) is 0 Å². The molecule has 0 spiro atoms. The van der Waals surface area contributed by atoms with Gasteiger partial charge in [-0.15, -0.1) is 0 Å². The van der Waals surface area contributed by atoms with Gasteiger partial charge in [0.25, 0.3) is 0 Å². The van der Waals surface area contributed by atoms with Crippen molar-refractivity contribution in [1.82, 2.24) is 0 Å². The lowest BCUT2D eigenvalue weighted by atomic mass is 9.47. The second kappa shape index (κ2) is 8.18. The molecule has 2 fully saturated rings. The predicted molar refractivity (Wildman–Crippen MR) is 118 cm³/mol. The maximum Gasteiger partial charge on any atom is 0.338 e. The van der Waals surface area contributed by atoms with E-state index >= 15 is 0 Å². The summed E-state index contributed by atoms with van der Waals surface area (Å²) >= 11 is 0. The van der Waals surface area contributed by atoms with Crippen molar-refractivity contribution < 1.29 is 22.7 Å². The third kappa shape index (κ3) is 4.12. The largest absolute Gasteiger partial charge is 0.497 e. The number of methoxy groups -OCH3 is 2. The zero-order chi connectivity index (χ0) is 22.3. The molecule has 0 amide bonds. The zero-order valence-corrected chi connectivity index (χ0v) is 20.0. The Labute approximate surface area is 181 Å². The Balaban J connectivity index is 1.98. The molecule has 0 radical (unpaired) electrons. The summed E-state index contributed by atoms with van der Waals surface area (Å²) in [4.78, 5) is 12.2. The van der Waals surface area contributed by atoms with E-state index in [1.807, 2.05) is 0 Å². The van der Waals surface area contributed by atoms with Gasteiger partial charge in [0.1, 0.15) is 5.75 Å². The van der Waals surface area contributed by atoms with E-state index in [-0.39, 0.29) is 33.0 Å². The number of esters is 1. The Morgan fingerprint density at radius 2 is 1.80 bits per heavy atom. The number of carbonyl (C=O) groups is 1. The Morgan fingerprint density at radius 3 is 2.43 bits per heavy atom. The Hall–Kier alpha value is -1.56. The molecule has 1 unspecified atom stereocenters. The predicted octanol–water partition coefficient (Wildman–Crippen LogP) is 5.13. The molecule has 5 nitrogen and oxygen atoms in total. The number of fused-ring (bicyclic) bond motifs is 1. The number of hydrogen-bond donors (Lipinski definition) is 0. The van der Waals surface area contributed by atoms with Gasteiger partial charge in [-0.2, -0.15) is 0 Å². The Bertz CT molecular complexity index is 904.